The zero-order valence-electron chi connectivity index (χ0n) is 27.3. The summed E-state index contributed by atoms with van der Waals surface area (Å²) in [4.78, 5) is 3.25. The summed E-state index contributed by atoms with van der Waals surface area (Å²) < 4.78 is 27.8. The summed E-state index contributed by atoms with van der Waals surface area (Å²) in [6, 6.07) is 8.74. The van der Waals surface area contributed by atoms with Crippen LogP contribution in [0.5, 0.6) is 0 Å². The van der Waals surface area contributed by atoms with Gasteiger partial charge in [-0.05, 0) is 110 Å². The SMILES string of the molecule is C=C(CCCN(C)c1ccc(=C)/c(=C\c2cc(N(C)C(C)(F)F)ccc2C)c1)NC(C)(C)CCCC(C)(C)CCC. The average Bonchev–Trinajstić information content (AvgIpc) is 2.84. The molecule has 2 aromatic carbocycles. The number of alkyl halides is 2. The molecule has 3 nitrogen and oxygen atoms in total. The van der Waals surface area contributed by atoms with Gasteiger partial charge in [0.2, 0.25) is 0 Å². The lowest BCUT2D eigenvalue weighted by Crippen LogP contribution is -2.38. The molecule has 2 rings (SSSR count). The molecule has 0 aliphatic heterocycles. The maximum Gasteiger partial charge on any atom is 0.322 e. The minimum Gasteiger partial charge on any atom is -0.384 e. The monoisotopic (exact) mass is 567 g/mol. The van der Waals surface area contributed by atoms with E-state index in [9.17, 15) is 8.78 Å². The van der Waals surface area contributed by atoms with Crippen molar-refractivity contribution in [3.63, 3.8) is 0 Å². The van der Waals surface area contributed by atoms with E-state index in [2.05, 4.69) is 77.2 Å². The first-order valence-corrected chi connectivity index (χ1v) is 15.1. The smallest absolute Gasteiger partial charge is 0.322 e. The van der Waals surface area contributed by atoms with Gasteiger partial charge in [-0.2, -0.15) is 8.78 Å². The third-order valence-electron chi connectivity index (χ3n) is 8.19. The zero-order chi connectivity index (χ0) is 31.0. The maximum atomic E-state index is 13.9. The Kier molecular flexibility index (Phi) is 12.1. The summed E-state index contributed by atoms with van der Waals surface area (Å²) in [7, 11) is 3.52. The Labute approximate surface area is 249 Å². The molecule has 0 saturated heterocycles. The van der Waals surface area contributed by atoms with Crippen molar-refractivity contribution in [3.05, 3.63) is 70.2 Å². The fraction of sp³-hybridized carbons (Fsp3) is 0.556. The lowest BCUT2D eigenvalue weighted by atomic mass is 9.81. The molecule has 0 bridgehead atoms. The van der Waals surface area contributed by atoms with Crippen LogP contribution in [0, 0.1) is 12.3 Å². The van der Waals surface area contributed by atoms with Gasteiger partial charge in [0.15, 0.2) is 0 Å². The van der Waals surface area contributed by atoms with E-state index >= 15 is 0 Å². The second kappa shape index (κ2) is 14.4. The van der Waals surface area contributed by atoms with Crippen LogP contribution in [0.3, 0.4) is 0 Å². The van der Waals surface area contributed by atoms with E-state index < -0.39 is 6.05 Å². The average molecular weight is 568 g/mol. The van der Waals surface area contributed by atoms with Crippen molar-refractivity contribution < 1.29 is 8.78 Å². The Hall–Kier alpha value is -2.82. The van der Waals surface area contributed by atoms with E-state index in [1.54, 1.807) is 6.07 Å². The van der Waals surface area contributed by atoms with Gasteiger partial charge in [-0.1, -0.05) is 58.9 Å². The van der Waals surface area contributed by atoms with Crippen molar-refractivity contribution in [1.29, 1.82) is 0 Å². The summed E-state index contributed by atoms with van der Waals surface area (Å²) in [5.74, 6) is 0. The largest absolute Gasteiger partial charge is 0.384 e. The van der Waals surface area contributed by atoms with Crippen molar-refractivity contribution in [2.45, 2.75) is 105 Å². The Bertz CT molecular complexity index is 1260. The van der Waals surface area contributed by atoms with E-state index in [4.69, 9.17) is 0 Å². The molecule has 0 atom stereocenters. The quantitative estimate of drug-likeness (QED) is 0.206. The molecular formula is C36H55F2N3. The van der Waals surface area contributed by atoms with Crippen molar-refractivity contribution in [3.8, 4) is 0 Å². The number of rotatable bonds is 16. The number of nitrogens with one attached hydrogen (secondary N) is 1. The number of anilines is 2. The van der Waals surface area contributed by atoms with Crippen LogP contribution in [0.15, 0.2) is 48.7 Å². The number of allylic oxidation sites excluding steroid dienone is 1. The first-order chi connectivity index (χ1) is 18.9. The van der Waals surface area contributed by atoms with Gasteiger partial charge in [-0.25, -0.2) is 0 Å². The Morgan fingerprint density at radius 2 is 1.59 bits per heavy atom. The molecule has 228 valence electrons. The van der Waals surface area contributed by atoms with Gasteiger partial charge in [0.1, 0.15) is 0 Å². The van der Waals surface area contributed by atoms with Crippen LogP contribution in [-0.2, 0) is 0 Å². The van der Waals surface area contributed by atoms with Gasteiger partial charge in [0.25, 0.3) is 0 Å². The summed E-state index contributed by atoms with van der Waals surface area (Å²) in [6.45, 7) is 23.9. The molecule has 1 N–H and O–H groups in total. The van der Waals surface area contributed by atoms with Crippen LogP contribution in [0.4, 0.5) is 20.2 Å². The van der Waals surface area contributed by atoms with Crippen LogP contribution in [0.25, 0.3) is 12.7 Å². The molecule has 0 amide bonds. The van der Waals surface area contributed by atoms with Gasteiger partial charge < -0.3 is 15.1 Å². The molecule has 0 spiro atoms. The Balaban J connectivity index is 2.01. The highest BCUT2D eigenvalue weighted by Gasteiger charge is 2.28. The van der Waals surface area contributed by atoms with Crippen LogP contribution in [0.2, 0.25) is 0 Å². The van der Waals surface area contributed by atoms with E-state index in [1.807, 2.05) is 31.2 Å². The molecule has 0 fully saturated rings. The van der Waals surface area contributed by atoms with Gasteiger partial charge in [0, 0.05) is 50.2 Å². The third-order valence-corrected chi connectivity index (χ3v) is 8.19. The highest BCUT2D eigenvalue weighted by atomic mass is 19.3. The highest BCUT2D eigenvalue weighted by molar-refractivity contribution is 5.63. The van der Waals surface area contributed by atoms with Gasteiger partial charge in [-0.3, -0.25) is 0 Å². The first kappa shape index (κ1) is 34.4. The summed E-state index contributed by atoms with van der Waals surface area (Å²) in [6.07, 6.45) is 10.1. The van der Waals surface area contributed by atoms with Crippen molar-refractivity contribution in [2.24, 2.45) is 5.41 Å². The van der Waals surface area contributed by atoms with Gasteiger partial charge in [-0.15, -0.1) is 0 Å². The standard InChI is InChI=1S/C36H55F2N3/c1-12-20-34(5,6)21-14-22-35(7,8)39-29(4)15-13-23-40(10)32-18-16-27(2)30(25-32)24-31-26-33(19-17-28(31)3)41(11)36(9,37)38/h16-19,24-26,39H,2,4,12-15,20-23H2,1,3,5-11H3/b30-24-. The molecule has 0 aliphatic rings. The number of aryl methyl sites for hydroxylation is 1. The van der Waals surface area contributed by atoms with Crippen molar-refractivity contribution >= 4 is 24.0 Å². The van der Waals surface area contributed by atoms with Crippen LogP contribution >= 0.6 is 0 Å². The first-order valence-electron chi connectivity index (χ1n) is 15.1. The van der Waals surface area contributed by atoms with Crippen molar-refractivity contribution in [1.82, 2.24) is 5.32 Å². The molecule has 0 heterocycles. The summed E-state index contributed by atoms with van der Waals surface area (Å²) in [5.41, 5.74) is 5.06. The minimum absolute atomic E-state index is 0.0389. The molecule has 0 aromatic heterocycles. The Morgan fingerprint density at radius 1 is 0.927 bits per heavy atom. The number of halogens is 2. The van der Waals surface area contributed by atoms with E-state index in [0.29, 0.717) is 11.1 Å². The zero-order valence-corrected chi connectivity index (χ0v) is 27.3. The summed E-state index contributed by atoms with van der Waals surface area (Å²) >= 11 is 0. The molecule has 0 saturated carbocycles. The number of hydrogen-bond donors (Lipinski definition) is 1. The second-order valence-corrected chi connectivity index (χ2v) is 13.4. The Morgan fingerprint density at radius 3 is 2.22 bits per heavy atom. The number of nitrogens with zero attached hydrogens (tertiary/aromatic N) is 2. The normalized spacial score (nSPS) is 12.9. The van der Waals surface area contributed by atoms with E-state index in [0.717, 1.165) is 70.6 Å². The van der Waals surface area contributed by atoms with Crippen molar-refractivity contribution in [2.75, 3.05) is 30.4 Å². The maximum absolute atomic E-state index is 13.9. The van der Waals surface area contributed by atoms with E-state index in [1.165, 1.54) is 32.7 Å². The lowest BCUT2D eigenvalue weighted by molar-refractivity contribution is 0.0235. The summed E-state index contributed by atoms with van der Waals surface area (Å²) in [5, 5.41) is 5.57. The molecule has 5 heteroatoms. The number of hydrogen-bond acceptors (Lipinski definition) is 3. The van der Waals surface area contributed by atoms with Crippen LogP contribution in [-0.4, -0.2) is 32.2 Å². The molecule has 0 aliphatic carbocycles. The molecule has 2 aromatic rings. The minimum atomic E-state index is -2.94. The molecule has 41 heavy (non-hydrogen) atoms. The van der Waals surface area contributed by atoms with Crippen LogP contribution in [0.1, 0.15) is 97.6 Å². The van der Waals surface area contributed by atoms with E-state index in [-0.39, 0.29) is 5.54 Å². The molecular weight excluding hydrogens is 512 g/mol. The molecule has 0 radical (unpaired) electrons. The highest BCUT2D eigenvalue weighted by Crippen LogP contribution is 2.30. The fourth-order valence-electron chi connectivity index (χ4n) is 5.41. The lowest BCUT2D eigenvalue weighted by Gasteiger charge is -2.31. The van der Waals surface area contributed by atoms with Gasteiger partial charge in [0.05, 0.1) is 0 Å². The van der Waals surface area contributed by atoms with Crippen LogP contribution < -0.4 is 25.6 Å². The topological polar surface area (TPSA) is 18.5 Å². The third kappa shape index (κ3) is 11.2. The predicted octanol–water partition coefficient (Wildman–Crippen LogP) is 8.38. The second-order valence-electron chi connectivity index (χ2n) is 13.4. The fourth-order valence-corrected chi connectivity index (χ4v) is 5.41. The molecule has 0 unspecified atom stereocenters. The van der Waals surface area contributed by atoms with Gasteiger partial charge >= 0.3 is 6.05 Å². The predicted molar refractivity (Wildman–Crippen MR) is 176 cm³/mol. The number of benzene rings is 2.